The molecule has 3 heteroatoms. The molecular weight excluding hydrogens is 370 g/mol. The second-order valence-electron chi connectivity index (χ2n) is 7.25. The van der Waals surface area contributed by atoms with Crippen molar-refractivity contribution in [2.75, 3.05) is 20.2 Å². The van der Waals surface area contributed by atoms with Gasteiger partial charge in [0.05, 0.1) is 6.54 Å². The van der Waals surface area contributed by atoms with Crippen molar-refractivity contribution in [1.29, 1.82) is 0 Å². The lowest BCUT2D eigenvalue weighted by molar-refractivity contribution is -0.127. The molecule has 154 valence electrons. The molecular formula is C27H29NO2. The lowest BCUT2D eigenvalue weighted by Gasteiger charge is -2.17. The van der Waals surface area contributed by atoms with Crippen LogP contribution < -0.4 is 4.74 Å². The van der Waals surface area contributed by atoms with Crippen molar-refractivity contribution >= 4 is 17.1 Å². The number of hydrogen-bond donors (Lipinski definition) is 0. The SMILES string of the molecule is CC/C(=C(\c1ccccc1)c1ccc(OCCN(C)C(C)=O)cc1)c1ccccc1. The van der Waals surface area contributed by atoms with Gasteiger partial charge in [0.15, 0.2) is 0 Å². The first kappa shape index (κ1) is 21.4. The molecule has 3 aromatic carbocycles. The highest BCUT2D eigenvalue weighted by atomic mass is 16.5. The van der Waals surface area contributed by atoms with Crippen LogP contribution in [0.5, 0.6) is 5.75 Å². The van der Waals surface area contributed by atoms with E-state index in [1.165, 1.54) is 22.3 Å². The summed E-state index contributed by atoms with van der Waals surface area (Å²) >= 11 is 0. The predicted molar refractivity (Wildman–Crippen MR) is 124 cm³/mol. The number of carbonyl (C=O) groups is 1. The largest absolute Gasteiger partial charge is 0.492 e. The zero-order valence-corrected chi connectivity index (χ0v) is 18.0. The summed E-state index contributed by atoms with van der Waals surface area (Å²) in [5, 5.41) is 0. The number of allylic oxidation sites excluding steroid dienone is 1. The van der Waals surface area contributed by atoms with E-state index in [2.05, 4.69) is 73.7 Å². The summed E-state index contributed by atoms with van der Waals surface area (Å²) in [6, 6.07) is 29.3. The Hall–Kier alpha value is -3.33. The van der Waals surface area contributed by atoms with Gasteiger partial charge >= 0.3 is 0 Å². The summed E-state index contributed by atoms with van der Waals surface area (Å²) < 4.78 is 5.83. The number of hydrogen-bond acceptors (Lipinski definition) is 2. The second-order valence-corrected chi connectivity index (χ2v) is 7.25. The zero-order valence-electron chi connectivity index (χ0n) is 18.0. The van der Waals surface area contributed by atoms with E-state index < -0.39 is 0 Å². The fourth-order valence-corrected chi connectivity index (χ4v) is 3.46. The minimum Gasteiger partial charge on any atom is -0.492 e. The Morgan fingerprint density at radius 3 is 1.87 bits per heavy atom. The molecule has 0 saturated heterocycles. The Kier molecular flexibility index (Phi) is 7.45. The van der Waals surface area contributed by atoms with E-state index in [1.54, 1.807) is 18.9 Å². The fourth-order valence-electron chi connectivity index (χ4n) is 3.46. The summed E-state index contributed by atoms with van der Waals surface area (Å²) in [7, 11) is 1.78. The fraction of sp³-hybridized carbons (Fsp3) is 0.222. The Bertz CT molecular complexity index is 976. The quantitative estimate of drug-likeness (QED) is 0.441. The molecule has 0 aromatic heterocycles. The van der Waals surface area contributed by atoms with Crippen LogP contribution in [0.15, 0.2) is 84.9 Å². The van der Waals surface area contributed by atoms with Crippen LogP contribution >= 0.6 is 0 Å². The minimum atomic E-state index is 0.0413. The monoisotopic (exact) mass is 399 g/mol. The third kappa shape index (κ3) is 5.38. The van der Waals surface area contributed by atoms with Gasteiger partial charge in [-0.1, -0.05) is 79.7 Å². The van der Waals surface area contributed by atoms with Crippen molar-refractivity contribution in [2.45, 2.75) is 20.3 Å². The van der Waals surface area contributed by atoms with Crippen LogP contribution in [0.2, 0.25) is 0 Å². The van der Waals surface area contributed by atoms with Crippen molar-refractivity contribution in [3.05, 3.63) is 102 Å². The maximum Gasteiger partial charge on any atom is 0.219 e. The molecule has 30 heavy (non-hydrogen) atoms. The highest BCUT2D eigenvalue weighted by Crippen LogP contribution is 2.34. The van der Waals surface area contributed by atoms with E-state index in [1.807, 2.05) is 18.2 Å². The third-order valence-corrected chi connectivity index (χ3v) is 5.22. The number of ether oxygens (including phenoxy) is 1. The van der Waals surface area contributed by atoms with Gasteiger partial charge in [-0.2, -0.15) is 0 Å². The van der Waals surface area contributed by atoms with Crippen molar-refractivity contribution in [3.63, 3.8) is 0 Å². The molecule has 0 atom stereocenters. The minimum absolute atomic E-state index is 0.0413. The van der Waals surface area contributed by atoms with Gasteiger partial charge in [0.1, 0.15) is 12.4 Å². The van der Waals surface area contributed by atoms with Crippen LogP contribution in [0.3, 0.4) is 0 Å². The summed E-state index contributed by atoms with van der Waals surface area (Å²) in [6.07, 6.45) is 0.934. The van der Waals surface area contributed by atoms with Crippen LogP contribution in [-0.4, -0.2) is 31.0 Å². The molecule has 0 unspecified atom stereocenters. The van der Waals surface area contributed by atoms with Gasteiger partial charge in [-0.3, -0.25) is 4.79 Å². The standard InChI is InChI=1S/C27H29NO2/c1-4-26(22-11-7-5-8-12-22)27(23-13-9-6-10-14-23)24-15-17-25(18-16-24)30-20-19-28(3)21(2)29/h5-18H,4,19-20H2,1-3H3/b27-26-. The summed E-state index contributed by atoms with van der Waals surface area (Å²) in [6.45, 7) is 4.81. The maximum atomic E-state index is 11.3. The van der Waals surface area contributed by atoms with Crippen molar-refractivity contribution < 1.29 is 9.53 Å². The van der Waals surface area contributed by atoms with Gasteiger partial charge in [0.2, 0.25) is 5.91 Å². The molecule has 0 N–H and O–H groups in total. The van der Waals surface area contributed by atoms with Crippen LogP contribution in [0.1, 0.15) is 37.0 Å². The first-order valence-electron chi connectivity index (χ1n) is 10.4. The average molecular weight is 400 g/mol. The molecule has 0 bridgehead atoms. The van der Waals surface area contributed by atoms with E-state index in [9.17, 15) is 4.79 Å². The van der Waals surface area contributed by atoms with Crippen LogP contribution in [0.25, 0.3) is 11.1 Å². The molecule has 3 aromatic rings. The van der Waals surface area contributed by atoms with Crippen LogP contribution in [-0.2, 0) is 4.79 Å². The number of amides is 1. The molecule has 0 spiro atoms. The molecule has 1 amide bonds. The summed E-state index contributed by atoms with van der Waals surface area (Å²) in [4.78, 5) is 13.0. The maximum absolute atomic E-state index is 11.3. The van der Waals surface area contributed by atoms with Crippen LogP contribution in [0.4, 0.5) is 0 Å². The van der Waals surface area contributed by atoms with Gasteiger partial charge in [-0.15, -0.1) is 0 Å². The summed E-state index contributed by atoms with van der Waals surface area (Å²) in [5.74, 6) is 0.848. The Labute approximate surface area is 179 Å². The van der Waals surface area contributed by atoms with Crippen LogP contribution in [0, 0.1) is 0 Å². The first-order valence-corrected chi connectivity index (χ1v) is 10.4. The van der Waals surface area contributed by atoms with E-state index in [0.717, 1.165) is 17.7 Å². The predicted octanol–water partition coefficient (Wildman–Crippen LogP) is 5.91. The highest BCUT2D eigenvalue weighted by molar-refractivity contribution is 5.98. The normalized spacial score (nSPS) is 11.6. The molecule has 0 heterocycles. The number of nitrogens with zero attached hydrogens (tertiary/aromatic N) is 1. The van der Waals surface area contributed by atoms with E-state index in [0.29, 0.717) is 13.2 Å². The molecule has 3 rings (SSSR count). The Balaban J connectivity index is 1.92. The van der Waals surface area contributed by atoms with Gasteiger partial charge in [0, 0.05) is 14.0 Å². The molecule has 0 fully saturated rings. The average Bonchev–Trinajstić information content (AvgIpc) is 2.79. The number of rotatable bonds is 8. The third-order valence-electron chi connectivity index (χ3n) is 5.22. The molecule has 0 saturated carbocycles. The topological polar surface area (TPSA) is 29.5 Å². The lowest BCUT2D eigenvalue weighted by atomic mass is 9.88. The summed E-state index contributed by atoms with van der Waals surface area (Å²) in [5.41, 5.74) is 6.17. The lowest BCUT2D eigenvalue weighted by Crippen LogP contribution is -2.28. The molecule has 0 radical (unpaired) electrons. The Morgan fingerprint density at radius 1 is 0.800 bits per heavy atom. The molecule has 0 aliphatic rings. The van der Waals surface area contributed by atoms with Gasteiger partial charge in [0.25, 0.3) is 0 Å². The van der Waals surface area contributed by atoms with Crippen molar-refractivity contribution in [1.82, 2.24) is 4.90 Å². The van der Waals surface area contributed by atoms with Gasteiger partial charge in [-0.05, 0) is 46.4 Å². The van der Waals surface area contributed by atoms with Gasteiger partial charge < -0.3 is 9.64 Å². The number of likely N-dealkylation sites (N-methyl/N-ethyl adjacent to an activating group) is 1. The van der Waals surface area contributed by atoms with Gasteiger partial charge in [-0.25, -0.2) is 0 Å². The van der Waals surface area contributed by atoms with E-state index in [-0.39, 0.29) is 5.91 Å². The molecule has 3 nitrogen and oxygen atoms in total. The first-order chi connectivity index (χ1) is 14.6. The van der Waals surface area contributed by atoms with Crippen molar-refractivity contribution in [3.8, 4) is 5.75 Å². The smallest absolute Gasteiger partial charge is 0.219 e. The number of carbonyl (C=O) groups excluding carboxylic acids is 1. The highest BCUT2D eigenvalue weighted by Gasteiger charge is 2.13. The number of benzene rings is 3. The Morgan fingerprint density at radius 2 is 1.33 bits per heavy atom. The molecule has 0 aliphatic carbocycles. The zero-order chi connectivity index (χ0) is 21.3. The second kappa shape index (κ2) is 10.4. The van der Waals surface area contributed by atoms with Crippen molar-refractivity contribution in [2.24, 2.45) is 0 Å². The molecule has 0 aliphatic heterocycles. The van der Waals surface area contributed by atoms with E-state index >= 15 is 0 Å². The van der Waals surface area contributed by atoms with E-state index in [4.69, 9.17) is 4.74 Å².